The van der Waals surface area contributed by atoms with Crippen molar-refractivity contribution in [3.63, 3.8) is 0 Å². The van der Waals surface area contributed by atoms with E-state index in [1.165, 1.54) is 0 Å². The zero-order valence-corrected chi connectivity index (χ0v) is 14.5. The Morgan fingerprint density at radius 1 is 1.29 bits per heavy atom. The quantitative estimate of drug-likeness (QED) is 0.731. The Morgan fingerprint density at radius 3 is 2.75 bits per heavy atom. The van der Waals surface area contributed by atoms with E-state index in [9.17, 15) is 4.79 Å². The number of hydrogen-bond acceptors (Lipinski definition) is 3. The summed E-state index contributed by atoms with van der Waals surface area (Å²) in [6.07, 6.45) is 1.93. The predicted octanol–water partition coefficient (Wildman–Crippen LogP) is 3.88. The van der Waals surface area contributed by atoms with Crippen LogP contribution < -0.4 is 10.1 Å². The Balaban J connectivity index is 2.24. The maximum absolute atomic E-state index is 12.2. The minimum Gasteiger partial charge on any atom is -0.496 e. The molecule has 3 rings (SSSR count). The van der Waals surface area contributed by atoms with Crippen LogP contribution in [0.25, 0.3) is 16.9 Å². The smallest absolute Gasteiger partial charge is 0.243 e. The zero-order valence-electron chi connectivity index (χ0n) is 13.7. The molecule has 0 radical (unpaired) electrons. The molecule has 3 aromatic rings. The molecule has 5 nitrogen and oxygen atoms in total. The highest BCUT2D eigenvalue weighted by Gasteiger charge is 2.20. The number of methoxy groups -OCH3 is 1. The lowest BCUT2D eigenvalue weighted by atomic mass is 10.1. The van der Waals surface area contributed by atoms with Gasteiger partial charge in [-0.1, -0.05) is 18.2 Å². The van der Waals surface area contributed by atoms with Gasteiger partial charge in [0.1, 0.15) is 28.3 Å². The lowest BCUT2D eigenvalue weighted by molar-refractivity contribution is -0.115. The number of aromatic nitrogens is 2. The summed E-state index contributed by atoms with van der Waals surface area (Å²) in [6, 6.07) is 11.5. The standard InChI is InChI=1S/C18H18ClN3O2/c1-11-8-9-15-20-16(13-6-4-5-7-14(13)24-3)17(22(15)10-11)21-18(23)12(2)19/h4-10,12H,1-3H3,(H,21,23). The van der Waals surface area contributed by atoms with Gasteiger partial charge >= 0.3 is 0 Å². The van der Waals surface area contributed by atoms with Crippen LogP contribution in [0.1, 0.15) is 12.5 Å². The lowest BCUT2D eigenvalue weighted by Crippen LogP contribution is -2.21. The number of hydrogen-bond donors (Lipinski definition) is 1. The van der Waals surface area contributed by atoms with Gasteiger partial charge < -0.3 is 10.1 Å². The molecule has 0 aliphatic rings. The van der Waals surface area contributed by atoms with Crippen molar-refractivity contribution >= 4 is 29.0 Å². The number of benzene rings is 1. The highest BCUT2D eigenvalue weighted by Crippen LogP contribution is 2.35. The first-order chi connectivity index (χ1) is 11.5. The molecule has 0 saturated heterocycles. The van der Waals surface area contributed by atoms with Crippen LogP contribution in [0, 0.1) is 6.92 Å². The second-order valence-electron chi connectivity index (χ2n) is 5.55. The van der Waals surface area contributed by atoms with Gasteiger partial charge in [-0.15, -0.1) is 11.6 Å². The number of amides is 1. The first-order valence-corrected chi connectivity index (χ1v) is 8.02. The Morgan fingerprint density at radius 2 is 2.04 bits per heavy atom. The van der Waals surface area contributed by atoms with Gasteiger partial charge in [-0.05, 0) is 37.6 Å². The largest absolute Gasteiger partial charge is 0.496 e. The molecule has 6 heteroatoms. The summed E-state index contributed by atoms with van der Waals surface area (Å²) >= 11 is 5.92. The molecule has 0 aliphatic carbocycles. The Kier molecular flexibility index (Phi) is 4.44. The molecule has 0 spiro atoms. The van der Waals surface area contributed by atoms with E-state index >= 15 is 0 Å². The fourth-order valence-electron chi connectivity index (χ4n) is 2.51. The number of ether oxygens (including phenoxy) is 1. The molecule has 0 bridgehead atoms. The Labute approximate surface area is 145 Å². The summed E-state index contributed by atoms with van der Waals surface area (Å²) in [5.74, 6) is 0.985. The van der Waals surface area contributed by atoms with Crippen molar-refractivity contribution < 1.29 is 9.53 Å². The maximum atomic E-state index is 12.2. The number of nitrogens with zero attached hydrogens (tertiary/aromatic N) is 2. The van der Waals surface area contributed by atoms with Crippen LogP contribution in [0.5, 0.6) is 5.75 Å². The number of pyridine rings is 1. The van der Waals surface area contributed by atoms with Gasteiger partial charge in [0.25, 0.3) is 0 Å². The van der Waals surface area contributed by atoms with Crippen LogP contribution in [0.2, 0.25) is 0 Å². The Hall–Kier alpha value is -2.53. The maximum Gasteiger partial charge on any atom is 0.243 e. The molecular formula is C18H18ClN3O2. The summed E-state index contributed by atoms with van der Waals surface area (Å²) in [5, 5.41) is 2.24. The van der Waals surface area contributed by atoms with Crippen LogP contribution in [-0.2, 0) is 4.79 Å². The van der Waals surface area contributed by atoms with Crippen LogP contribution in [0.4, 0.5) is 5.82 Å². The van der Waals surface area contributed by atoms with Crippen molar-refractivity contribution in [1.29, 1.82) is 0 Å². The normalized spacial score (nSPS) is 12.2. The first kappa shape index (κ1) is 16.3. The van der Waals surface area contributed by atoms with Gasteiger partial charge in [0, 0.05) is 11.8 Å². The van der Waals surface area contributed by atoms with E-state index < -0.39 is 5.38 Å². The third kappa shape index (κ3) is 2.95. The zero-order chi connectivity index (χ0) is 17.3. The number of anilines is 1. The fraction of sp³-hybridized carbons (Fsp3) is 0.222. The monoisotopic (exact) mass is 343 g/mol. The molecule has 0 aliphatic heterocycles. The van der Waals surface area contributed by atoms with E-state index in [0.29, 0.717) is 17.3 Å². The topological polar surface area (TPSA) is 55.6 Å². The molecular weight excluding hydrogens is 326 g/mol. The molecule has 124 valence electrons. The van der Waals surface area contributed by atoms with Crippen molar-refractivity contribution in [3.05, 3.63) is 48.2 Å². The SMILES string of the molecule is COc1ccccc1-c1nc2ccc(C)cn2c1NC(=O)C(C)Cl. The number of carbonyl (C=O) groups excluding carboxylic acids is 1. The van der Waals surface area contributed by atoms with Gasteiger partial charge in [0.05, 0.1) is 7.11 Å². The molecule has 1 aromatic carbocycles. The molecule has 2 aromatic heterocycles. The molecule has 2 heterocycles. The Bertz CT molecular complexity index is 902. The highest BCUT2D eigenvalue weighted by atomic mass is 35.5. The second-order valence-corrected chi connectivity index (χ2v) is 6.20. The van der Waals surface area contributed by atoms with Crippen LogP contribution in [-0.4, -0.2) is 27.8 Å². The summed E-state index contributed by atoms with van der Waals surface area (Å²) < 4.78 is 7.29. The van der Waals surface area contributed by atoms with E-state index in [1.54, 1.807) is 14.0 Å². The van der Waals surface area contributed by atoms with Gasteiger partial charge in [0.15, 0.2) is 0 Å². The van der Waals surface area contributed by atoms with E-state index in [4.69, 9.17) is 16.3 Å². The average Bonchev–Trinajstić information content (AvgIpc) is 2.92. The minimum atomic E-state index is -0.647. The van der Waals surface area contributed by atoms with Crippen LogP contribution in [0.3, 0.4) is 0 Å². The average molecular weight is 344 g/mol. The number of alkyl halides is 1. The van der Waals surface area contributed by atoms with Crippen molar-refractivity contribution in [2.24, 2.45) is 0 Å². The van der Waals surface area contributed by atoms with E-state index in [0.717, 1.165) is 16.8 Å². The number of fused-ring (bicyclic) bond motifs is 1. The molecule has 1 atom stereocenters. The third-order valence-corrected chi connectivity index (χ3v) is 3.93. The minimum absolute atomic E-state index is 0.281. The van der Waals surface area contributed by atoms with Crippen molar-refractivity contribution in [3.8, 4) is 17.0 Å². The summed E-state index contributed by atoms with van der Waals surface area (Å²) in [5.41, 5.74) is 3.24. The number of imidazole rings is 1. The van der Waals surface area contributed by atoms with Crippen molar-refractivity contribution in [1.82, 2.24) is 9.38 Å². The summed E-state index contributed by atoms with van der Waals surface area (Å²) in [4.78, 5) is 16.8. The predicted molar refractivity (Wildman–Crippen MR) is 95.9 cm³/mol. The second kappa shape index (κ2) is 6.53. The lowest BCUT2D eigenvalue weighted by Gasteiger charge is -2.11. The van der Waals surface area contributed by atoms with E-state index in [-0.39, 0.29) is 5.91 Å². The highest BCUT2D eigenvalue weighted by molar-refractivity contribution is 6.32. The summed E-state index contributed by atoms with van der Waals surface area (Å²) in [6.45, 7) is 3.62. The van der Waals surface area contributed by atoms with E-state index in [1.807, 2.05) is 53.9 Å². The van der Waals surface area contributed by atoms with Crippen LogP contribution >= 0.6 is 11.6 Å². The molecule has 1 amide bonds. The number of nitrogens with one attached hydrogen (secondary N) is 1. The fourth-order valence-corrected chi connectivity index (χ4v) is 2.57. The van der Waals surface area contributed by atoms with Gasteiger partial charge in [0.2, 0.25) is 5.91 Å². The molecule has 0 saturated carbocycles. The molecule has 0 fully saturated rings. The van der Waals surface area contributed by atoms with Crippen LogP contribution in [0.15, 0.2) is 42.6 Å². The number of carbonyl (C=O) groups is 1. The van der Waals surface area contributed by atoms with Crippen molar-refractivity contribution in [2.75, 3.05) is 12.4 Å². The first-order valence-electron chi connectivity index (χ1n) is 7.58. The molecule has 24 heavy (non-hydrogen) atoms. The van der Waals surface area contributed by atoms with Gasteiger partial charge in [-0.25, -0.2) is 4.98 Å². The van der Waals surface area contributed by atoms with Gasteiger partial charge in [-0.3, -0.25) is 9.20 Å². The number of aryl methyl sites for hydroxylation is 1. The number of para-hydroxylation sites is 1. The third-order valence-electron chi connectivity index (χ3n) is 3.73. The summed E-state index contributed by atoms with van der Waals surface area (Å²) in [7, 11) is 1.61. The van der Waals surface area contributed by atoms with E-state index in [2.05, 4.69) is 10.3 Å². The molecule has 1 N–H and O–H groups in total. The van der Waals surface area contributed by atoms with Gasteiger partial charge in [-0.2, -0.15) is 0 Å². The number of rotatable bonds is 4. The number of halogens is 1. The molecule has 1 unspecified atom stereocenters. The van der Waals surface area contributed by atoms with Crippen molar-refractivity contribution in [2.45, 2.75) is 19.2 Å².